The van der Waals surface area contributed by atoms with Crippen LogP contribution in [0.25, 0.3) is 0 Å². The molecule has 0 bridgehead atoms. The number of nitrogens with two attached hydrogens (primary N) is 1. The number of rotatable bonds is 4. The zero-order chi connectivity index (χ0) is 12.5. The normalized spacial score (nSPS) is 18.7. The average Bonchev–Trinajstić information content (AvgIpc) is 2.25. The maximum absolute atomic E-state index is 12.1. The maximum Gasteiger partial charge on any atom is 0.185 e. The van der Waals surface area contributed by atoms with Gasteiger partial charge in [-0.1, -0.05) is 19.1 Å². The number of hydrogen-bond acceptors (Lipinski definition) is 4. The molecule has 1 fully saturated rings. The van der Waals surface area contributed by atoms with Crippen molar-refractivity contribution in [1.82, 2.24) is 0 Å². The summed E-state index contributed by atoms with van der Waals surface area (Å²) in [5.74, 6) is 0.249. The van der Waals surface area contributed by atoms with Gasteiger partial charge < -0.3 is 10.5 Å². The summed E-state index contributed by atoms with van der Waals surface area (Å²) >= 11 is 0. The first-order chi connectivity index (χ1) is 8.05. The van der Waals surface area contributed by atoms with Crippen LogP contribution in [0.2, 0.25) is 0 Å². The lowest BCUT2D eigenvalue weighted by atomic mass is 10.0. The third-order valence-corrected chi connectivity index (χ3v) is 5.26. The van der Waals surface area contributed by atoms with Gasteiger partial charge in [0, 0.05) is 0 Å². The molecule has 0 spiro atoms. The summed E-state index contributed by atoms with van der Waals surface area (Å²) in [5, 5.41) is -0.375. The lowest BCUT2D eigenvalue weighted by Gasteiger charge is -2.25. The van der Waals surface area contributed by atoms with E-state index in [4.69, 9.17) is 10.5 Å². The first kappa shape index (κ1) is 12.5. The molecule has 17 heavy (non-hydrogen) atoms. The van der Waals surface area contributed by atoms with Crippen molar-refractivity contribution in [2.75, 3.05) is 19.8 Å². The number of sulfone groups is 1. The van der Waals surface area contributed by atoms with Gasteiger partial charge in [-0.05, 0) is 30.2 Å². The zero-order valence-corrected chi connectivity index (χ0v) is 10.6. The van der Waals surface area contributed by atoms with E-state index in [1.807, 2.05) is 19.1 Å². The van der Waals surface area contributed by atoms with E-state index in [2.05, 4.69) is 0 Å². The Morgan fingerprint density at radius 1 is 1.35 bits per heavy atom. The Morgan fingerprint density at radius 3 is 2.35 bits per heavy atom. The van der Waals surface area contributed by atoms with Gasteiger partial charge in [0.2, 0.25) is 0 Å². The van der Waals surface area contributed by atoms with Crippen LogP contribution in [0.3, 0.4) is 0 Å². The van der Waals surface area contributed by atoms with Crippen molar-refractivity contribution in [3.63, 3.8) is 0 Å². The molecule has 1 aliphatic heterocycles. The van der Waals surface area contributed by atoms with Crippen LogP contribution >= 0.6 is 0 Å². The molecule has 94 valence electrons. The van der Waals surface area contributed by atoms with Crippen LogP contribution in [-0.2, 0) is 14.6 Å². The molecule has 2 N–H and O–H groups in total. The molecule has 5 heteroatoms. The Balaban J connectivity index is 2.23. The quantitative estimate of drug-likeness (QED) is 0.868. The van der Waals surface area contributed by atoms with Gasteiger partial charge in [0.05, 0.1) is 18.1 Å². The predicted octanol–water partition coefficient (Wildman–Crippen LogP) is 0.921. The van der Waals surface area contributed by atoms with Crippen molar-refractivity contribution in [2.45, 2.75) is 23.0 Å². The molecule has 0 aliphatic carbocycles. The van der Waals surface area contributed by atoms with Crippen molar-refractivity contribution < 1.29 is 13.2 Å². The highest BCUT2D eigenvalue weighted by Gasteiger charge is 2.33. The van der Waals surface area contributed by atoms with Gasteiger partial charge in [0.15, 0.2) is 9.84 Å². The van der Waals surface area contributed by atoms with E-state index in [0.29, 0.717) is 24.7 Å². The van der Waals surface area contributed by atoms with E-state index in [-0.39, 0.29) is 11.2 Å². The predicted molar refractivity (Wildman–Crippen MR) is 65.7 cm³/mol. The van der Waals surface area contributed by atoms with Gasteiger partial charge in [-0.2, -0.15) is 0 Å². The minimum atomic E-state index is -3.21. The molecule has 0 aromatic heterocycles. The minimum absolute atomic E-state index is 0.249. The van der Waals surface area contributed by atoms with Crippen LogP contribution in [0.5, 0.6) is 0 Å². The minimum Gasteiger partial charge on any atom is -0.379 e. The Labute approximate surface area is 102 Å². The summed E-state index contributed by atoms with van der Waals surface area (Å²) in [6.45, 7) is 3.19. The van der Waals surface area contributed by atoms with Gasteiger partial charge in [0.1, 0.15) is 5.25 Å². The van der Waals surface area contributed by atoms with E-state index >= 15 is 0 Å². The Morgan fingerprint density at radius 2 is 1.94 bits per heavy atom. The molecule has 2 rings (SSSR count). The summed E-state index contributed by atoms with van der Waals surface area (Å²) in [5.41, 5.74) is 6.64. The van der Waals surface area contributed by atoms with Crippen LogP contribution < -0.4 is 5.73 Å². The van der Waals surface area contributed by atoms with E-state index in [1.165, 1.54) is 0 Å². The Kier molecular flexibility index (Phi) is 3.51. The summed E-state index contributed by atoms with van der Waals surface area (Å²) in [6, 6.07) is 7.00. The average molecular weight is 255 g/mol. The first-order valence-corrected chi connectivity index (χ1v) is 7.22. The van der Waals surface area contributed by atoms with Crippen LogP contribution in [0.4, 0.5) is 0 Å². The van der Waals surface area contributed by atoms with E-state index < -0.39 is 9.84 Å². The SMILES string of the molecule is CC(CN)c1ccc(S(=O)(=O)C2COC2)cc1. The fraction of sp³-hybridized carbons (Fsp3) is 0.500. The van der Waals surface area contributed by atoms with Gasteiger partial charge in [-0.15, -0.1) is 0 Å². The number of hydrogen-bond donors (Lipinski definition) is 1. The van der Waals surface area contributed by atoms with Crippen LogP contribution in [0.15, 0.2) is 29.2 Å². The molecule has 4 nitrogen and oxygen atoms in total. The third kappa shape index (κ3) is 2.36. The highest BCUT2D eigenvalue weighted by atomic mass is 32.2. The van der Waals surface area contributed by atoms with Crippen molar-refractivity contribution in [3.8, 4) is 0 Å². The van der Waals surface area contributed by atoms with Gasteiger partial charge in [0.25, 0.3) is 0 Å². The van der Waals surface area contributed by atoms with E-state index in [0.717, 1.165) is 5.56 Å². The Hall–Kier alpha value is -0.910. The van der Waals surface area contributed by atoms with Gasteiger partial charge >= 0.3 is 0 Å². The molecule has 0 radical (unpaired) electrons. The lowest BCUT2D eigenvalue weighted by molar-refractivity contribution is 0.0416. The van der Waals surface area contributed by atoms with Crippen molar-refractivity contribution >= 4 is 9.84 Å². The summed E-state index contributed by atoms with van der Waals surface area (Å²) in [7, 11) is -3.21. The van der Waals surface area contributed by atoms with E-state index in [9.17, 15) is 8.42 Å². The van der Waals surface area contributed by atoms with Crippen LogP contribution in [0, 0.1) is 0 Å². The molecule has 0 saturated carbocycles. The topological polar surface area (TPSA) is 69.4 Å². The second-order valence-corrected chi connectivity index (χ2v) is 6.64. The fourth-order valence-electron chi connectivity index (χ4n) is 1.71. The zero-order valence-electron chi connectivity index (χ0n) is 9.80. The fourth-order valence-corrected chi connectivity index (χ4v) is 3.16. The van der Waals surface area contributed by atoms with Crippen LogP contribution in [0.1, 0.15) is 18.4 Å². The molecule has 0 amide bonds. The smallest absolute Gasteiger partial charge is 0.185 e. The molecule has 1 saturated heterocycles. The van der Waals surface area contributed by atoms with Gasteiger partial charge in [-0.3, -0.25) is 0 Å². The monoisotopic (exact) mass is 255 g/mol. The molecule has 1 heterocycles. The van der Waals surface area contributed by atoms with E-state index in [1.54, 1.807) is 12.1 Å². The standard InChI is InChI=1S/C12H17NO3S/c1-9(6-13)10-2-4-11(5-3-10)17(14,15)12-7-16-8-12/h2-5,9,12H,6-8,13H2,1H3. The summed E-state index contributed by atoms with van der Waals surface area (Å²) < 4.78 is 29.0. The highest BCUT2D eigenvalue weighted by molar-refractivity contribution is 7.92. The second kappa shape index (κ2) is 4.76. The molecule has 1 aromatic carbocycles. The molecule has 1 atom stereocenters. The molecular formula is C12H17NO3S. The molecule has 1 aromatic rings. The molecule has 1 unspecified atom stereocenters. The van der Waals surface area contributed by atoms with Crippen molar-refractivity contribution in [1.29, 1.82) is 0 Å². The number of ether oxygens (including phenoxy) is 1. The van der Waals surface area contributed by atoms with Crippen LogP contribution in [-0.4, -0.2) is 33.4 Å². The van der Waals surface area contributed by atoms with Crippen molar-refractivity contribution in [3.05, 3.63) is 29.8 Å². The first-order valence-electron chi connectivity index (χ1n) is 5.67. The largest absolute Gasteiger partial charge is 0.379 e. The molecule has 1 aliphatic rings. The Bertz CT molecular complexity index is 477. The maximum atomic E-state index is 12.1. The molecular weight excluding hydrogens is 238 g/mol. The second-order valence-electron chi connectivity index (χ2n) is 4.41. The summed E-state index contributed by atoms with van der Waals surface area (Å²) in [6.07, 6.45) is 0. The van der Waals surface area contributed by atoms with Crippen molar-refractivity contribution in [2.24, 2.45) is 5.73 Å². The summed E-state index contributed by atoms with van der Waals surface area (Å²) in [4.78, 5) is 0.374. The highest BCUT2D eigenvalue weighted by Crippen LogP contribution is 2.23. The lowest BCUT2D eigenvalue weighted by Crippen LogP contribution is -2.40. The van der Waals surface area contributed by atoms with Gasteiger partial charge in [-0.25, -0.2) is 8.42 Å². The third-order valence-electron chi connectivity index (χ3n) is 3.18. The number of benzene rings is 1.